The number of aliphatic hydroxyl groups is 1. The Balaban J connectivity index is 4.23. The lowest BCUT2D eigenvalue weighted by Gasteiger charge is -2.15. The predicted octanol–water partition coefficient (Wildman–Crippen LogP) is -1.32. The van der Waals surface area contributed by atoms with E-state index in [1.165, 1.54) is 13.3 Å². The maximum absolute atomic E-state index is 10.7. The van der Waals surface area contributed by atoms with E-state index in [4.69, 9.17) is 5.11 Å². The van der Waals surface area contributed by atoms with Crippen molar-refractivity contribution < 1.29 is 19.6 Å². The van der Waals surface area contributed by atoms with Gasteiger partial charge >= 0.3 is 0 Å². The molecule has 0 aromatic carbocycles. The molecule has 0 aliphatic carbocycles. The van der Waals surface area contributed by atoms with Gasteiger partial charge in [0.1, 0.15) is 13.0 Å². The molecule has 0 rings (SSSR count). The van der Waals surface area contributed by atoms with Gasteiger partial charge in [-0.2, -0.15) is 0 Å². The maximum atomic E-state index is 10.7. The first-order valence-corrected chi connectivity index (χ1v) is 4.96. The number of aliphatic hydroxyl groups excluding tert-OH is 1. The first kappa shape index (κ1) is 8.66. The molecule has 1 unspecified atom stereocenters. The minimum atomic E-state index is -2.92. The summed E-state index contributed by atoms with van der Waals surface area (Å²) in [6, 6.07) is 0. The maximum Gasteiger partial charge on any atom is 0.145 e. The van der Waals surface area contributed by atoms with E-state index in [9.17, 15) is 14.5 Å². The number of rotatable bonds is 2. The molecule has 0 saturated heterocycles. The number of carboxylic acids is 1. The minimum absolute atomic E-state index is 1.19. The predicted molar refractivity (Wildman–Crippen MR) is 30.5 cm³/mol. The first-order chi connectivity index (χ1) is 3.85. The van der Waals surface area contributed by atoms with Crippen molar-refractivity contribution in [3.63, 3.8) is 0 Å². The van der Waals surface area contributed by atoms with E-state index < -0.39 is 19.0 Å². The Morgan fingerprint density at radius 2 is 2.00 bits per heavy atom. The smallest absolute Gasteiger partial charge is 0.145 e. The topological polar surface area (TPSA) is 77.4 Å². The Bertz CT molecular complexity index is 158. The molecule has 0 aromatic heterocycles. The van der Waals surface area contributed by atoms with Crippen molar-refractivity contribution in [1.29, 1.82) is 0 Å². The van der Waals surface area contributed by atoms with Crippen LogP contribution >= 0.6 is 7.14 Å². The molecule has 54 valence electrons. The SMILES string of the molecule is CP(C)(=O)C(O)C(=O)[O-]. The largest absolute Gasteiger partial charge is 0.547 e. The van der Waals surface area contributed by atoms with Crippen LogP contribution in [0.2, 0.25) is 0 Å². The van der Waals surface area contributed by atoms with Gasteiger partial charge < -0.3 is 19.6 Å². The normalized spacial score (nSPS) is 15.0. The molecule has 0 aliphatic heterocycles. The van der Waals surface area contributed by atoms with E-state index in [0.29, 0.717) is 0 Å². The van der Waals surface area contributed by atoms with Crippen molar-refractivity contribution in [2.75, 3.05) is 13.3 Å². The number of carbonyl (C=O) groups excluding carboxylic acids is 1. The van der Waals surface area contributed by atoms with Gasteiger partial charge in [0.05, 0.1) is 5.97 Å². The quantitative estimate of drug-likeness (QED) is 0.496. The lowest BCUT2D eigenvalue weighted by molar-refractivity contribution is -0.310. The van der Waals surface area contributed by atoms with E-state index in [-0.39, 0.29) is 0 Å². The zero-order valence-electron chi connectivity index (χ0n) is 5.20. The zero-order valence-corrected chi connectivity index (χ0v) is 6.09. The summed E-state index contributed by atoms with van der Waals surface area (Å²) in [5.41, 5.74) is 0. The molecule has 1 atom stereocenters. The Hall–Kier alpha value is -0.340. The Labute approximate surface area is 52.9 Å². The van der Waals surface area contributed by atoms with Crippen LogP contribution < -0.4 is 5.11 Å². The molecule has 5 heteroatoms. The third kappa shape index (κ3) is 2.63. The van der Waals surface area contributed by atoms with E-state index in [1.54, 1.807) is 0 Å². The molecule has 0 spiro atoms. The van der Waals surface area contributed by atoms with E-state index >= 15 is 0 Å². The molecule has 0 aliphatic rings. The molecule has 4 nitrogen and oxygen atoms in total. The number of carbonyl (C=O) groups is 1. The first-order valence-electron chi connectivity index (χ1n) is 2.29. The molecule has 9 heavy (non-hydrogen) atoms. The lowest BCUT2D eigenvalue weighted by Crippen LogP contribution is -2.34. The molecule has 0 saturated carbocycles. The number of hydrogen-bond donors (Lipinski definition) is 1. The van der Waals surface area contributed by atoms with Crippen LogP contribution in [-0.4, -0.2) is 30.3 Å². The van der Waals surface area contributed by atoms with Crippen molar-refractivity contribution in [3.8, 4) is 0 Å². The van der Waals surface area contributed by atoms with Crippen molar-refractivity contribution >= 4 is 13.1 Å². The van der Waals surface area contributed by atoms with Crippen molar-refractivity contribution in [3.05, 3.63) is 0 Å². The van der Waals surface area contributed by atoms with Gasteiger partial charge in [-0.1, -0.05) is 0 Å². The van der Waals surface area contributed by atoms with Crippen LogP contribution in [-0.2, 0) is 9.36 Å². The number of aliphatic carboxylic acids is 1. The van der Waals surface area contributed by atoms with Gasteiger partial charge in [-0.25, -0.2) is 0 Å². The minimum Gasteiger partial charge on any atom is -0.547 e. The van der Waals surface area contributed by atoms with Gasteiger partial charge in [0.15, 0.2) is 0 Å². The molecule has 0 bridgehead atoms. The Morgan fingerprint density at radius 1 is 1.67 bits per heavy atom. The fraction of sp³-hybridized carbons (Fsp3) is 0.750. The summed E-state index contributed by atoms with van der Waals surface area (Å²) in [6.07, 6.45) is 0. The molecule has 1 N–H and O–H groups in total. The highest BCUT2D eigenvalue weighted by molar-refractivity contribution is 7.63. The second kappa shape index (κ2) is 2.50. The Kier molecular flexibility index (Phi) is 2.40. The van der Waals surface area contributed by atoms with Crippen molar-refractivity contribution in [2.24, 2.45) is 0 Å². The van der Waals surface area contributed by atoms with Gasteiger partial charge in [-0.15, -0.1) is 0 Å². The molecular weight excluding hydrogens is 143 g/mol. The fourth-order valence-electron chi connectivity index (χ4n) is 0.254. The summed E-state index contributed by atoms with van der Waals surface area (Å²) in [5, 5.41) is 18.4. The van der Waals surface area contributed by atoms with Crippen LogP contribution in [0.1, 0.15) is 0 Å². The van der Waals surface area contributed by atoms with Gasteiger partial charge in [0.25, 0.3) is 0 Å². The van der Waals surface area contributed by atoms with Crippen LogP contribution in [0.15, 0.2) is 0 Å². The third-order valence-electron chi connectivity index (χ3n) is 0.800. The highest BCUT2D eigenvalue weighted by Gasteiger charge is 2.20. The standard InChI is InChI=1S/C4H9O4P/c1-9(2,8)4(7)3(5)6/h4,7H,1-2H3,(H,5,6)/p-1. The fourth-order valence-corrected chi connectivity index (χ4v) is 0.762. The Morgan fingerprint density at radius 3 is 2.00 bits per heavy atom. The van der Waals surface area contributed by atoms with E-state index in [0.717, 1.165) is 0 Å². The molecule has 0 amide bonds. The average Bonchev–Trinajstić information content (AvgIpc) is 1.62. The van der Waals surface area contributed by atoms with Crippen LogP contribution in [0.3, 0.4) is 0 Å². The number of hydrogen-bond acceptors (Lipinski definition) is 4. The van der Waals surface area contributed by atoms with Gasteiger partial charge in [0, 0.05) is 0 Å². The number of carboxylic acid groups (broad SMARTS) is 1. The van der Waals surface area contributed by atoms with Crippen molar-refractivity contribution in [2.45, 2.75) is 5.85 Å². The van der Waals surface area contributed by atoms with E-state index in [2.05, 4.69) is 0 Å². The monoisotopic (exact) mass is 151 g/mol. The molecular formula is C4H8O4P-. The van der Waals surface area contributed by atoms with E-state index in [1.807, 2.05) is 0 Å². The van der Waals surface area contributed by atoms with Crippen LogP contribution in [0, 0.1) is 0 Å². The molecule has 0 aromatic rings. The van der Waals surface area contributed by atoms with Crippen molar-refractivity contribution in [1.82, 2.24) is 0 Å². The zero-order chi connectivity index (χ0) is 7.65. The molecule has 0 fully saturated rings. The molecule has 0 radical (unpaired) electrons. The highest BCUT2D eigenvalue weighted by atomic mass is 31.2. The lowest BCUT2D eigenvalue weighted by atomic mass is 10.7. The summed E-state index contributed by atoms with van der Waals surface area (Å²) in [6.45, 7) is 2.38. The second-order valence-corrected chi connectivity index (χ2v) is 5.48. The second-order valence-electron chi connectivity index (χ2n) is 2.13. The summed E-state index contributed by atoms with van der Waals surface area (Å²) >= 11 is 0. The summed E-state index contributed by atoms with van der Waals surface area (Å²) in [7, 11) is -2.92. The molecule has 0 heterocycles. The van der Waals surface area contributed by atoms with Gasteiger partial charge in [-0.3, -0.25) is 0 Å². The van der Waals surface area contributed by atoms with Crippen LogP contribution in [0.25, 0.3) is 0 Å². The third-order valence-corrected chi connectivity index (χ3v) is 2.19. The van der Waals surface area contributed by atoms with Gasteiger partial charge in [-0.05, 0) is 13.3 Å². The summed E-state index contributed by atoms with van der Waals surface area (Å²) < 4.78 is 10.7. The summed E-state index contributed by atoms with van der Waals surface area (Å²) in [4.78, 5) is 9.81. The van der Waals surface area contributed by atoms with Crippen LogP contribution in [0.4, 0.5) is 0 Å². The summed E-state index contributed by atoms with van der Waals surface area (Å²) in [5.74, 6) is -3.50. The van der Waals surface area contributed by atoms with Gasteiger partial charge in [0.2, 0.25) is 0 Å². The van der Waals surface area contributed by atoms with Crippen LogP contribution in [0.5, 0.6) is 0 Å². The average molecular weight is 151 g/mol. The highest BCUT2D eigenvalue weighted by Crippen LogP contribution is 2.40.